The van der Waals surface area contributed by atoms with Crippen LogP contribution in [0.3, 0.4) is 0 Å². The molecule has 4 nitrogen and oxygen atoms in total. The van der Waals surface area contributed by atoms with E-state index in [1.54, 1.807) is 0 Å². The Kier molecular flexibility index (Phi) is 4.01. The maximum atomic E-state index is 5.74. The molecule has 1 atom stereocenters. The Balaban J connectivity index is 1.25. The van der Waals surface area contributed by atoms with Crippen molar-refractivity contribution < 1.29 is 4.42 Å². The fraction of sp³-hybridized carbons (Fsp3) is 0.765. The Morgan fingerprint density at radius 2 is 2.00 bits per heavy atom. The minimum Gasteiger partial charge on any atom is -0.468 e. The van der Waals surface area contributed by atoms with E-state index in [-0.39, 0.29) is 0 Å². The van der Waals surface area contributed by atoms with Crippen LogP contribution in [0.1, 0.15) is 43.4 Å². The van der Waals surface area contributed by atoms with Crippen LogP contribution in [0.2, 0.25) is 0 Å². The molecule has 1 aromatic rings. The molecule has 116 valence electrons. The highest BCUT2D eigenvalue weighted by Crippen LogP contribution is 2.23. The summed E-state index contributed by atoms with van der Waals surface area (Å²) in [6, 6.07) is 3.79. The number of nitrogens with one attached hydrogen (secondary N) is 1. The lowest BCUT2D eigenvalue weighted by molar-refractivity contribution is 0.223. The monoisotopic (exact) mass is 289 g/mol. The second-order valence-corrected chi connectivity index (χ2v) is 7.00. The fourth-order valence-corrected chi connectivity index (χ4v) is 3.73. The molecule has 1 unspecified atom stereocenters. The van der Waals surface area contributed by atoms with Crippen LogP contribution in [-0.2, 0) is 13.1 Å². The van der Waals surface area contributed by atoms with Crippen LogP contribution >= 0.6 is 0 Å². The molecule has 2 saturated heterocycles. The summed E-state index contributed by atoms with van der Waals surface area (Å²) in [7, 11) is 0. The van der Waals surface area contributed by atoms with Gasteiger partial charge in [-0.15, -0.1) is 0 Å². The minimum absolute atomic E-state index is 0.767. The van der Waals surface area contributed by atoms with Crippen molar-refractivity contribution in [1.29, 1.82) is 0 Å². The summed E-state index contributed by atoms with van der Waals surface area (Å²) in [5, 5.41) is 3.54. The largest absolute Gasteiger partial charge is 0.468 e. The minimum atomic E-state index is 0.767. The van der Waals surface area contributed by atoms with E-state index in [4.69, 9.17) is 4.42 Å². The van der Waals surface area contributed by atoms with Gasteiger partial charge in [-0.2, -0.15) is 0 Å². The molecule has 0 aromatic carbocycles. The van der Waals surface area contributed by atoms with Crippen LogP contribution in [0.15, 0.2) is 16.7 Å². The van der Waals surface area contributed by atoms with E-state index in [1.807, 2.05) is 6.26 Å². The average molecular weight is 289 g/mol. The number of nitrogens with zero attached hydrogens (tertiary/aromatic N) is 2. The summed E-state index contributed by atoms with van der Waals surface area (Å²) in [5.74, 6) is 1.13. The molecule has 21 heavy (non-hydrogen) atoms. The van der Waals surface area contributed by atoms with Gasteiger partial charge in [0.25, 0.3) is 0 Å². The molecule has 1 N–H and O–H groups in total. The normalized spacial score (nSPS) is 27.7. The van der Waals surface area contributed by atoms with Gasteiger partial charge in [-0.1, -0.05) is 0 Å². The van der Waals surface area contributed by atoms with E-state index in [2.05, 4.69) is 21.2 Å². The van der Waals surface area contributed by atoms with Gasteiger partial charge in [0.15, 0.2) is 0 Å². The quantitative estimate of drug-likeness (QED) is 0.870. The molecule has 1 aromatic heterocycles. The first kappa shape index (κ1) is 13.8. The molecule has 1 saturated carbocycles. The van der Waals surface area contributed by atoms with Crippen LogP contribution in [0.4, 0.5) is 0 Å². The maximum absolute atomic E-state index is 5.74. The van der Waals surface area contributed by atoms with Gasteiger partial charge in [0.1, 0.15) is 5.76 Å². The smallest absolute Gasteiger partial charge is 0.118 e. The first-order valence-electron chi connectivity index (χ1n) is 8.63. The number of furan rings is 1. The zero-order valence-electron chi connectivity index (χ0n) is 12.9. The predicted molar refractivity (Wildman–Crippen MR) is 83.1 cm³/mol. The second-order valence-electron chi connectivity index (χ2n) is 7.00. The molecule has 0 radical (unpaired) electrons. The Labute approximate surface area is 127 Å². The molecule has 0 amide bonds. The van der Waals surface area contributed by atoms with Crippen LogP contribution in [0.5, 0.6) is 0 Å². The van der Waals surface area contributed by atoms with Crippen molar-refractivity contribution in [1.82, 2.24) is 15.1 Å². The molecule has 3 heterocycles. The van der Waals surface area contributed by atoms with E-state index in [9.17, 15) is 0 Å². The van der Waals surface area contributed by atoms with Crippen molar-refractivity contribution in [3.05, 3.63) is 23.7 Å². The first-order valence-corrected chi connectivity index (χ1v) is 8.63. The second kappa shape index (κ2) is 6.11. The number of rotatable bonds is 6. The van der Waals surface area contributed by atoms with Crippen molar-refractivity contribution >= 4 is 0 Å². The Morgan fingerprint density at radius 3 is 2.81 bits per heavy atom. The third-order valence-electron chi connectivity index (χ3n) is 5.16. The highest BCUT2D eigenvalue weighted by Gasteiger charge is 2.29. The molecule has 0 bridgehead atoms. The lowest BCUT2D eigenvalue weighted by Gasteiger charge is -2.23. The third kappa shape index (κ3) is 3.50. The SMILES string of the molecule is c1oc(CN2CCC(N3CCCC3)C2)cc1CNC1CC1. The zero-order valence-corrected chi connectivity index (χ0v) is 12.9. The molecule has 2 aliphatic heterocycles. The molecular weight excluding hydrogens is 262 g/mol. The molecular formula is C17H27N3O. The molecule has 4 rings (SSSR count). The van der Waals surface area contributed by atoms with Gasteiger partial charge >= 0.3 is 0 Å². The van der Waals surface area contributed by atoms with Crippen molar-refractivity contribution in [3.8, 4) is 0 Å². The molecule has 3 aliphatic rings. The van der Waals surface area contributed by atoms with E-state index < -0.39 is 0 Å². The predicted octanol–water partition coefficient (Wildman–Crippen LogP) is 2.20. The number of hydrogen-bond acceptors (Lipinski definition) is 4. The zero-order chi connectivity index (χ0) is 14.1. The van der Waals surface area contributed by atoms with E-state index in [0.29, 0.717) is 0 Å². The van der Waals surface area contributed by atoms with Crippen LogP contribution in [0.25, 0.3) is 0 Å². The summed E-state index contributed by atoms with van der Waals surface area (Å²) >= 11 is 0. The van der Waals surface area contributed by atoms with Crippen molar-refractivity contribution in [2.75, 3.05) is 26.2 Å². The standard InChI is InChI=1S/C17H27N3O/c1-2-7-20(6-1)16-5-8-19(11-16)12-17-9-14(13-21-17)10-18-15-3-4-15/h9,13,15-16,18H,1-8,10-12H2. The molecule has 0 spiro atoms. The molecule has 3 fully saturated rings. The summed E-state index contributed by atoms with van der Waals surface area (Å²) in [6.45, 7) is 7.01. The van der Waals surface area contributed by atoms with Gasteiger partial charge in [0.05, 0.1) is 12.8 Å². The van der Waals surface area contributed by atoms with Crippen LogP contribution in [0, 0.1) is 0 Å². The lowest BCUT2D eigenvalue weighted by Crippen LogP contribution is -2.35. The van der Waals surface area contributed by atoms with Gasteiger partial charge < -0.3 is 9.73 Å². The maximum Gasteiger partial charge on any atom is 0.118 e. The Morgan fingerprint density at radius 1 is 1.14 bits per heavy atom. The highest BCUT2D eigenvalue weighted by molar-refractivity contribution is 5.13. The summed E-state index contributed by atoms with van der Waals surface area (Å²) < 4.78 is 5.74. The van der Waals surface area contributed by atoms with Crippen LogP contribution < -0.4 is 5.32 Å². The Bertz CT molecular complexity index is 462. The van der Waals surface area contributed by atoms with E-state index >= 15 is 0 Å². The van der Waals surface area contributed by atoms with Crippen molar-refractivity contribution in [2.24, 2.45) is 0 Å². The van der Waals surface area contributed by atoms with Crippen LogP contribution in [-0.4, -0.2) is 48.1 Å². The first-order chi connectivity index (χ1) is 10.4. The number of likely N-dealkylation sites (tertiary alicyclic amines) is 2. The average Bonchev–Trinajstić information content (AvgIpc) is 2.93. The topological polar surface area (TPSA) is 31.7 Å². The van der Waals surface area contributed by atoms with Crippen molar-refractivity contribution in [2.45, 2.75) is 57.3 Å². The molecule has 1 aliphatic carbocycles. The van der Waals surface area contributed by atoms with Crippen molar-refractivity contribution in [3.63, 3.8) is 0 Å². The summed E-state index contributed by atoms with van der Waals surface area (Å²) in [6.07, 6.45) is 8.74. The number of hydrogen-bond donors (Lipinski definition) is 1. The fourth-order valence-electron chi connectivity index (χ4n) is 3.73. The highest BCUT2D eigenvalue weighted by atomic mass is 16.3. The third-order valence-corrected chi connectivity index (χ3v) is 5.16. The molecule has 4 heteroatoms. The summed E-state index contributed by atoms with van der Waals surface area (Å²) in [5.41, 5.74) is 1.30. The van der Waals surface area contributed by atoms with Gasteiger partial charge in [0.2, 0.25) is 0 Å². The van der Waals surface area contributed by atoms with Gasteiger partial charge in [-0.3, -0.25) is 9.80 Å². The van der Waals surface area contributed by atoms with E-state index in [0.717, 1.165) is 30.9 Å². The van der Waals surface area contributed by atoms with E-state index in [1.165, 1.54) is 63.8 Å². The Hall–Kier alpha value is -0.840. The van der Waals surface area contributed by atoms with Gasteiger partial charge in [0, 0.05) is 37.3 Å². The lowest BCUT2D eigenvalue weighted by atomic mass is 10.2. The van der Waals surface area contributed by atoms with Gasteiger partial charge in [-0.25, -0.2) is 0 Å². The summed E-state index contributed by atoms with van der Waals surface area (Å²) in [4.78, 5) is 5.24. The van der Waals surface area contributed by atoms with Gasteiger partial charge in [-0.05, 0) is 51.3 Å².